The smallest absolute Gasteiger partial charge is 0.338 e. The molecule has 1 aliphatic carbocycles. The average Bonchev–Trinajstić information content (AvgIpc) is 3.14. The number of ether oxygens (including phenoxy) is 2. The summed E-state index contributed by atoms with van der Waals surface area (Å²) in [6, 6.07) is 9.33. The zero-order chi connectivity index (χ0) is 19.6. The van der Waals surface area contributed by atoms with Gasteiger partial charge in [-0.2, -0.15) is 0 Å². The van der Waals surface area contributed by atoms with Crippen molar-refractivity contribution in [2.75, 3.05) is 7.11 Å². The Morgan fingerprint density at radius 1 is 1.07 bits per heavy atom. The van der Waals surface area contributed by atoms with Crippen LogP contribution < -0.4 is 4.74 Å². The maximum absolute atomic E-state index is 12.7. The van der Waals surface area contributed by atoms with Gasteiger partial charge in [-0.3, -0.25) is 14.9 Å². The Hall–Kier alpha value is -3.22. The number of nitro benzene ring substituents is 1. The molecule has 2 aromatic rings. The molecule has 27 heavy (non-hydrogen) atoms. The lowest BCUT2D eigenvalue weighted by molar-refractivity contribution is -0.386. The van der Waals surface area contributed by atoms with Crippen molar-refractivity contribution in [2.24, 2.45) is 0 Å². The third-order valence-corrected chi connectivity index (χ3v) is 4.63. The minimum atomic E-state index is -0.910. The standard InChI is InChI=1S/C20H19NO6/c1-12(19(22)15-7-6-13-4-3-5-14(13)10-15)27-18-9-8-16(20(23)26-2)11-17(18)21(24)25/h6-12H,3-5H2,1-2H3/t12-/m1/s1. The maximum atomic E-state index is 12.7. The number of hydrogen-bond acceptors (Lipinski definition) is 6. The first-order valence-electron chi connectivity index (χ1n) is 8.60. The van der Waals surface area contributed by atoms with Crippen molar-refractivity contribution in [3.05, 3.63) is 68.8 Å². The van der Waals surface area contributed by atoms with E-state index in [-0.39, 0.29) is 17.1 Å². The highest BCUT2D eigenvalue weighted by atomic mass is 16.6. The van der Waals surface area contributed by atoms with Crippen molar-refractivity contribution in [2.45, 2.75) is 32.3 Å². The van der Waals surface area contributed by atoms with Crippen LogP contribution in [0.25, 0.3) is 0 Å². The normalized spacial score (nSPS) is 13.6. The number of carbonyl (C=O) groups is 2. The highest BCUT2D eigenvalue weighted by Gasteiger charge is 2.25. The summed E-state index contributed by atoms with van der Waals surface area (Å²) in [4.78, 5) is 34.9. The van der Waals surface area contributed by atoms with Gasteiger partial charge in [0.15, 0.2) is 11.9 Å². The van der Waals surface area contributed by atoms with Gasteiger partial charge in [0.25, 0.3) is 0 Å². The number of methoxy groups -OCH3 is 1. The van der Waals surface area contributed by atoms with E-state index in [2.05, 4.69) is 4.74 Å². The Morgan fingerprint density at radius 3 is 2.48 bits per heavy atom. The maximum Gasteiger partial charge on any atom is 0.338 e. The van der Waals surface area contributed by atoms with Gasteiger partial charge in [-0.05, 0) is 55.5 Å². The van der Waals surface area contributed by atoms with Gasteiger partial charge >= 0.3 is 11.7 Å². The van der Waals surface area contributed by atoms with Gasteiger partial charge in [-0.15, -0.1) is 0 Å². The molecule has 0 unspecified atom stereocenters. The molecular formula is C20H19NO6. The minimum absolute atomic E-state index is 0.0363. The predicted molar refractivity (Wildman–Crippen MR) is 97.3 cm³/mol. The highest BCUT2D eigenvalue weighted by Crippen LogP contribution is 2.30. The van der Waals surface area contributed by atoms with Crippen LogP contribution in [-0.4, -0.2) is 29.9 Å². The molecular weight excluding hydrogens is 350 g/mol. The molecule has 0 bridgehead atoms. The van der Waals surface area contributed by atoms with E-state index in [9.17, 15) is 19.7 Å². The Balaban J connectivity index is 1.82. The van der Waals surface area contributed by atoms with E-state index in [1.165, 1.54) is 30.4 Å². The molecule has 1 atom stereocenters. The summed E-state index contributed by atoms with van der Waals surface area (Å²) >= 11 is 0. The third kappa shape index (κ3) is 3.81. The zero-order valence-corrected chi connectivity index (χ0v) is 15.1. The first-order chi connectivity index (χ1) is 12.9. The van der Waals surface area contributed by atoms with E-state index in [4.69, 9.17) is 4.74 Å². The Labute approximate surface area is 156 Å². The molecule has 2 aromatic carbocycles. The molecule has 0 fully saturated rings. The van der Waals surface area contributed by atoms with E-state index in [1.54, 1.807) is 13.0 Å². The van der Waals surface area contributed by atoms with Gasteiger partial charge in [0, 0.05) is 11.6 Å². The van der Waals surface area contributed by atoms with Gasteiger partial charge in [0.1, 0.15) is 0 Å². The average molecular weight is 369 g/mol. The van der Waals surface area contributed by atoms with Crippen LogP contribution in [-0.2, 0) is 17.6 Å². The van der Waals surface area contributed by atoms with Crippen molar-refractivity contribution < 1.29 is 24.0 Å². The van der Waals surface area contributed by atoms with Crippen LogP contribution in [0.5, 0.6) is 5.75 Å². The fourth-order valence-corrected chi connectivity index (χ4v) is 3.21. The number of nitro groups is 1. The molecule has 0 N–H and O–H groups in total. The molecule has 0 saturated heterocycles. The fraction of sp³-hybridized carbons (Fsp3) is 0.300. The lowest BCUT2D eigenvalue weighted by atomic mass is 10.0. The second-order valence-electron chi connectivity index (χ2n) is 6.39. The van der Waals surface area contributed by atoms with Crippen LogP contribution in [0.4, 0.5) is 5.69 Å². The van der Waals surface area contributed by atoms with E-state index in [1.807, 2.05) is 12.1 Å². The van der Waals surface area contributed by atoms with E-state index < -0.39 is 22.7 Å². The van der Waals surface area contributed by atoms with E-state index in [0.717, 1.165) is 25.3 Å². The highest BCUT2D eigenvalue weighted by molar-refractivity contribution is 5.99. The number of ketones is 1. The van der Waals surface area contributed by atoms with E-state index >= 15 is 0 Å². The van der Waals surface area contributed by atoms with Gasteiger partial charge < -0.3 is 9.47 Å². The minimum Gasteiger partial charge on any atom is -0.475 e. The number of aryl methyl sites for hydroxylation is 2. The number of fused-ring (bicyclic) bond motifs is 1. The van der Waals surface area contributed by atoms with E-state index in [0.29, 0.717) is 5.56 Å². The number of Topliss-reactive ketones (excluding diaryl/α,β-unsaturated/α-hetero) is 1. The van der Waals surface area contributed by atoms with Gasteiger partial charge in [-0.1, -0.05) is 12.1 Å². The first kappa shape index (κ1) is 18.6. The van der Waals surface area contributed by atoms with Crippen LogP contribution in [0.15, 0.2) is 36.4 Å². The van der Waals surface area contributed by atoms with Crippen LogP contribution in [0, 0.1) is 10.1 Å². The molecule has 0 saturated carbocycles. The van der Waals surface area contributed by atoms with Crippen LogP contribution >= 0.6 is 0 Å². The first-order valence-corrected chi connectivity index (χ1v) is 8.60. The molecule has 1 aliphatic rings. The van der Waals surface area contributed by atoms with Crippen LogP contribution in [0.3, 0.4) is 0 Å². The summed E-state index contributed by atoms with van der Waals surface area (Å²) < 4.78 is 10.1. The summed E-state index contributed by atoms with van der Waals surface area (Å²) in [6.07, 6.45) is 2.14. The van der Waals surface area contributed by atoms with Crippen molar-refractivity contribution in [3.8, 4) is 5.75 Å². The van der Waals surface area contributed by atoms with Crippen molar-refractivity contribution >= 4 is 17.4 Å². The number of carbonyl (C=O) groups excluding carboxylic acids is 2. The summed E-state index contributed by atoms with van der Waals surface area (Å²) in [6.45, 7) is 1.55. The van der Waals surface area contributed by atoms with Crippen molar-refractivity contribution in [3.63, 3.8) is 0 Å². The molecule has 0 aliphatic heterocycles. The lowest BCUT2D eigenvalue weighted by Gasteiger charge is -2.15. The van der Waals surface area contributed by atoms with Gasteiger partial charge in [0.05, 0.1) is 17.6 Å². The molecule has 0 amide bonds. The number of benzene rings is 2. The predicted octanol–water partition coefficient (Wildman–Crippen LogP) is 3.52. The lowest BCUT2D eigenvalue weighted by Crippen LogP contribution is -2.24. The molecule has 0 radical (unpaired) electrons. The topological polar surface area (TPSA) is 95.7 Å². The molecule has 7 heteroatoms. The Morgan fingerprint density at radius 2 is 1.78 bits per heavy atom. The molecule has 0 aromatic heterocycles. The van der Waals surface area contributed by atoms with Gasteiger partial charge in [-0.25, -0.2) is 4.79 Å². The summed E-state index contributed by atoms with van der Waals surface area (Å²) in [5, 5.41) is 11.3. The van der Waals surface area contributed by atoms with Crippen molar-refractivity contribution in [1.82, 2.24) is 0 Å². The van der Waals surface area contributed by atoms with Crippen LogP contribution in [0.2, 0.25) is 0 Å². The van der Waals surface area contributed by atoms with Crippen molar-refractivity contribution in [1.29, 1.82) is 0 Å². The Bertz CT molecular complexity index is 921. The SMILES string of the molecule is COC(=O)c1ccc(O[C@H](C)C(=O)c2ccc3c(c2)CCC3)c([N+](=O)[O-])c1. The summed E-state index contributed by atoms with van der Waals surface area (Å²) in [5.74, 6) is -1.02. The number of esters is 1. The third-order valence-electron chi connectivity index (χ3n) is 4.63. The quantitative estimate of drug-likeness (QED) is 0.335. The number of rotatable bonds is 6. The van der Waals surface area contributed by atoms with Gasteiger partial charge in [0.2, 0.25) is 5.78 Å². The second-order valence-corrected chi connectivity index (χ2v) is 6.39. The second kappa shape index (κ2) is 7.57. The zero-order valence-electron chi connectivity index (χ0n) is 15.1. The van der Waals surface area contributed by atoms with Crippen LogP contribution in [0.1, 0.15) is 45.2 Å². The fourth-order valence-electron chi connectivity index (χ4n) is 3.21. The summed E-state index contributed by atoms with van der Waals surface area (Å²) in [5.41, 5.74) is 2.59. The largest absolute Gasteiger partial charge is 0.475 e. The monoisotopic (exact) mass is 369 g/mol. The molecule has 140 valence electrons. The molecule has 0 heterocycles. The molecule has 0 spiro atoms. The Kier molecular flexibility index (Phi) is 5.21. The summed E-state index contributed by atoms with van der Waals surface area (Å²) in [7, 11) is 1.19. The molecule has 7 nitrogen and oxygen atoms in total. The number of nitrogens with zero attached hydrogens (tertiary/aromatic N) is 1. The molecule has 3 rings (SSSR count). The number of hydrogen-bond donors (Lipinski definition) is 0.